The lowest BCUT2D eigenvalue weighted by Gasteiger charge is -2.36. The van der Waals surface area contributed by atoms with Crippen molar-refractivity contribution in [1.82, 2.24) is 4.31 Å². The molecule has 1 heterocycles. The highest BCUT2D eigenvalue weighted by atomic mass is 35.5. The van der Waals surface area contributed by atoms with Crippen LogP contribution in [0.1, 0.15) is 25.3 Å². The number of primary amides is 1. The molecule has 0 aromatic heterocycles. The lowest BCUT2D eigenvalue weighted by Crippen LogP contribution is -2.48. The minimum Gasteiger partial charge on any atom is -0.369 e. The smallest absolute Gasteiger partial charge is 0.244 e. The SMILES string of the molecule is Cc1cc(S(=O)(=O)N2C[C@@H](C(N)=O)CC[C@H]2C)c(Cl)cc1F. The fourth-order valence-electron chi connectivity index (χ4n) is 2.60. The van der Waals surface area contributed by atoms with Crippen molar-refractivity contribution >= 4 is 27.5 Å². The van der Waals surface area contributed by atoms with E-state index in [1.165, 1.54) is 17.3 Å². The summed E-state index contributed by atoms with van der Waals surface area (Å²) in [5.41, 5.74) is 5.49. The van der Waals surface area contributed by atoms with Gasteiger partial charge in [-0.05, 0) is 44.4 Å². The van der Waals surface area contributed by atoms with Gasteiger partial charge < -0.3 is 5.73 Å². The number of rotatable bonds is 3. The molecule has 2 N–H and O–H groups in total. The van der Waals surface area contributed by atoms with Crippen LogP contribution in [-0.4, -0.2) is 31.2 Å². The molecule has 0 spiro atoms. The van der Waals surface area contributed by atoms with Crippen molar-refractivity contribution in [2.24, 2.45) is 11.7 Å². The van der Waals surface area contributed by atoms with Gasteiger partial charge in [0.1, 0.15) is 10.7 Å². The molecule has 1 aliphatic heterocycles. The summed E-state index contributed by atoms with van der Waals surface area (Å²) in [7, 11) is -3.92. The second-order valence-electron chi connectivity index (χ2n) is 5.63. The molecular weight excluding hydrogens is 331 g/mol. The maximum atomic E-state index is 13.5. The summed E-state index contributed by atoms with van der Waals surface area (Å²) in [5.74, 6) is -1.61. The van der Waals surface area contributed by atoms with Crippen LogP contribution in [0.4, 0.5) is 4.39 Å². The molecule has 8 heteroatoms. The average molecular weight is 349 g/mol. The molecule has 22 heavy (non-hydrogen) atoms. The summed E-state index contributed by atoms with van der Waals surface area (Å²) in [6, 6.07) is 1.93. The summed E-state index contributed by atoms with van der Waals surface area (Å²) >= 11 is 5.91. The first-order valence-electron chi connectivity index (χ1n) is 6.91. The molecule has 1 aromatic rings. The first kappa shape index (κ1) is 17.2. The van der Waals surface area contributed by atoms with E-state index in [2.05, 4.69) is 0 Å². The lowest BCUT2D eigenvalue weighted by molar-refractivity contribution is -0.123. The van der Waals surface area contributed by atoms with Crippen LogP contribution in [0.15, 0.2) is 17.0 Å². The number of nitrogens with two attached hydrogens (primary N) is 1. The largest absolute Gasteiger partial charge is 0.369 e. The summed E-state index contributed by atoms with van der Waals surface area (Å²) in [6.07, 6.45) is 1.09. The molecule has 2 rings (SSSR count). The van der Waals surface area contributed by atoms with Gasteiger partial charge in [0, 0.05) is 12.6 Å². The predicted octanol–water partition coefficient (Wildman–Crippen LogP) is 2.06. The molecule has 1 aliphatic rings. The molecule has 1 saturated heterocycles. The van der Waals surface area contributed by atoms with Gasteiger partial charge in [-0.25, -0.2) is 12.8 Å². The van der Waals surface area contributed by atoms with E-state index in [9.17, 15) is 17.6 Å². The molecule has 0 saturated carbocycles. The van der Waals surface area contributed by atoms with Gasteiger partial charge in [0.25, 0.3) is 0 Å². The van der Waals surface area contributed by atoms with Gasteiger partial charge in [0.05, 0.1) is 10.9 Å². The fraction of sp³-hybridized carbons (Fsp3) is 0.500. The summed E-state index contributed by atoms with van der Waals surface area (Å²) in [6.45, 7) is 3.25. The van der Waals surface area contributed by atoms with Crippen molar-refractivity contribution < 1.29 is 17.6 Å². The standard InChI is InChI=1S/C14H18ClFN2O3S/c1-8-5-13(11(15)6-12(8)16)22(20,21)18-7-10(14(17)19)4-3-9(18)2/h5-6,9-10H,3-4,7H2,1-2H3,(H2,17,19)/t9-,10+/m1/s1. The normalized spacial score (nSPS) is 23.5. The highest BCUT2D eigenvalue weighted by Crippen LogP contribution is 2.32. The molecular formula is C14H18ClFN2O3S. The number of piperidine rings is 1. The van der Waals surface area contributed by atoms with E-state index < -0.39 is 27.7 Å². The van der Waals surface area contributed by atoms with Crippen LogP contribution < -0.4 is 5.73 Å². The van der Waals surface area contributed by atoms with Gasteiger partial charge in [-0.15, -0.1) is 0 Å². The Morgan fingerprint density at radius 3 is 2.64 bits per heavy atom. The molecule has 1 fully saturated rings. The Kier molecular flexibility index (Phi) is 4.79. The molecule has 122 valence electrons. The Morgan fingerprint density at radius 2 is 2.05 bits per heavy atom. The third-order valence-corrected chi connectivity index (χ3v) is 6.47. The van der Waals surface area contributed by atoms with E-state index in [1.54, 1.807) is 6.92 Å². The molecule has 5 nitrogen and oxygen atoms in total. The zero-order chi connectivity index (χ0) is 16.7. The molecule has 0 radical (unpaired) electrons. The Labute approximate surface area is 134 Å². The number of halogens is 2. The minimum atomic E-state index is -3.92. The van der Waals surface area contributed by atoms with Crippen LogP contribution in [0.2, 0.25) is 5.02 Å². The van der Waals surface area contributed by atoms with Gasteiger partial charge in [0.15, 0.2) is 0 Å². The number of carbonyl (C=O) groups is 1. The van der Waals surface area contributed by atoms with E-state index in [0.29, 0.717) is 12.8 Å². The minimum absolute atomic E-state index is 0.0194. The molecule has 0 aliphatic carbocycles. The van der Waals surface area contributed by atoms with Crippen molar-refractivity contribution in [3.63, 3.8) is 0 Å². The van der Waals surface area contributed by atoms with E-state index in [4.69, 9.17) is 17.3 Å². The number of sulfonamides is 1. The number of hydrogen-bond donors (Lipinski definition) is 1. The fourth-order valence-corrected chi connectivity index (χ4v) is 4.88. The quantitative estimate of drug-likeness (QED) is 0.907. The van der Waals surface area contributed by atoms with Crippen molar-refractivity contribution in [2.75, 3.05) is 6.54 Å². The molecule has 0 unspecified atom stereocenters. The van der Waals surface area contributed by atoms with Gasteiger partial charge in [-0.3, -0.25) is 4.79 Å². The van der Waals surface area contributed by atoms with Gasteiger partial charge in [-0.2, -0.15) is 4.31 Å². The maximum Gasteiger partial charge on any atom is 0.244 e. The number of amides is 1. The number of hydrogen-bond acceptors (Lipinski definition) is 3. The van der Waals surface area contributed by atoms with Gasteiger partial charge >= 0.3 is 0 Å². The van der Waals surface area contributed by atoms with E-state index >= 15 is 0 Å². The number of benzene rings is 1. The van der Waals surface area contributed by atoms with E-state index in [1.807, 2.05) is 0 Å². The van der Waals surface area contributed by atoms with Crippen LogP contribution in [0.5, 0.6) is 0 Å². The summed E-state index contributed by atoms with van der Waals surface area (Å²) in [4.78, 5) is 11.2. The Bertz CT molecular complexity index is 708. The Morgan fingerprint density at radius 1 is 1.41 bits per heavy atom. The zero-order valence-electron chi connectivity index (χ0n) is 12.3. The van der Waals surface area contributed by atoms with E-state index in [-0.39, 0.29) is 28.1 Å². The first-order valence-corrected chi connectivity index (χ1v) is 8.73. The van der Waals surface area contributed by atoms with Gasteiger partial charge in [0.2, 0.25) is 15.9 Å². The Balaban J connectivity index is 2.45. The van der Waals surface area contributed by atoms with Crippen LogP contribution in [-0.2, 0) is 14.8 Å². The van der Waals surface area contributed by atoms with Crippen LogP contribution in [0.3, 0.4) is 0 Å². The van der Waals surface area contributed by atoms with Crippen molar-refractivity contribution in [3.8, 4) is 0 Å². The second-order valence-corrected chi connectivity index (χ2v) is 7.90. The summed E-state index contributed by atoms with van der Waals surface area (Å²) in [5, 5.41) is -0.170. The topological polar surface area (TPSA) is 80.5 Å². The maximum absolute atomic E-state index is 13.5. The highest BCUT2D eigenvalue weighted by Gasteiger charge is 2.37. The Hall–Kier alpha value is -1.18. The number of carbonyl (C=O) groups excluding carboxylic acids is 1. The third-order valence-electron chi connectivity index (χ3n) is 4.03. The van der Waals surface area contributed by atoms with Crippen LogP contribution >= 0.6 is 11.6 Å². The molecule has 0 bridgehead atoms. The van der Waals surface area contributed by atoms with Crippen LogP contribution in [0, 0.1) is 18.7 Å². The zero-order valence-corrected chi connectivity index (χ0v) is 13.9. The molecule has 1 aromatic carbocycles. The third kappa shape index (κ3) is 3.11. The van der Waals surface area contributed by atoms with E-state index in [0.717, 1.165) is 6.07 Å². The summed E-state index contributed by atoms with van der Waals surface area (Å²) < 4.78 is 40.3. The van der Waals surface area contributed by atoms with Crippen molar-refractivity contribution in [2.45, 2.75) is 37.6 Å². The van der Waals surface area contributed by atoms with Crippen LogP contribution in [0.25, 0.3) is 0 Å². The van der Waals surface area contributed by atoms with Crippen molar-refractivity contribution in [3.05, 3.63) is 28.5 Å². The molecule has 2 atom stereocenters. The lowest BCUT2D eigenvalue weighted by atomic mass is 9.95. The van der Waals surface area contributed by atoms with Gasteiger partial charge in [-0.1, -0.05) is 11.6 Å². The van der Waals surface area contributed by atoms with Crippen molar-refractivity contribution in [1.29, 1.82) is 0 Å². The highest BCUT2D eigenvalue weighted by molar-refractivity contribution is 7.89. The number of aryl methyl sites for hydroxylation is 1. The average Bonchev–Trinajstić information content (AvgIpc) is 2.42. The first-order chi connectivity index (χ1) is 10.1. The number of nitrogens with zero attached hydrogens (tertiary/aromatic N) is 1. The second kappa shape index (κ2) is 6.14. The predicted molar refractivity (Wildman–Crippen MR) is 81.4 cm³/mol. The molecule has 1 amide bonds. The monoisotopic (exact) mass is 348 g/mol.